The number of carbonyl (C=O) groups is 1. The summed E-state index contributed by atoms with van der Waals surface area (Å²) in [7, 11) is 0. The van der Waals surface area contributed by atoms with Crippen LogP contribution in [0.1, 0.15) is 17.0 Å². The van der Waals surface area contributed by atoms with Gasteiger partial charge in [0.05, 0.1) is 6.54 Å². The van der Waals surface area contributed by atoms with Crippen LogP contribution in [0.4, 0.5) is 16.4 Å². The molecule has 1 aliphatic rings. The van der Waals surface area contributed by atoms with Crippen LogP contribution in [-0.2, 0) is 13.0 Å². The molecule has 1 aliphatic heterocycles. The number of aromatic amines is 1. The first-order chi connectivity index (χ1) is 14.7. The van der Waals surface area contributed by atoms with Crippen LogP contribution in [0.3, 0.4) is 0 Å². The number of anilines is 2. The predicted octanol–water partition coefficient (Wildman–Crippen LogP) is 3.57. The number of urea groups is 1. The highest BCUT2D eigenvalue weighted by atomic mass is 32.1. The highest BCUT2D eigenvalue weighted by Crippen LogP contribution is 2.38. The van der Waals surface area contributed by atoms with Crippen LogP contribution in [-0.4, -0.2) is 34.0 Å². The number of rotatable bonds is 5. The summed E-state index contributed by atoms with van der Waals surface area (Å²) in [6, 6.07) is 14.2. The largest absolute Gasteiger partial charge is 0.367 e. The van der Waals surface area contributed by atoms with Crippen LogP contribution < -0.4 is 16.4 Å². The zero-order chi connectivity index (χ0) is 20.5. The molecule has 0 spiro atoms. The minimum atomic E-state index is -0.278. The Labute approximate surface area is 176 Å². The molecule has 2 aromatic carbocycles. The van der Waals surface area contributed by atoms with E-state index in [0.717, 1.165) is 16.8 Å². The SMILES string of the molecule is Nc1n[nH]c(CCNC(=O)Nc2cc3c(c(-c4cc5ccccc5s4)c2)CN=C3)n1. The number of fused-ring (bicyclic) bond motifs is 2. The molecule has 0 atom stereocenters. The fourth-order valence-corrected chi connectivity index (χ4v) is 4.63. The Morgan fingerprint density at radius 3 is 2.97 bits per heavy atom. The monoisotopic (exact) mass is 417 g/mol. The van der Waals surface area contributed by atoms with E-state index >= 15 is 0 Å². The van der Waals surface area contributed by atoms with E-state index in [1.165, 1.54) is 20.5 Å². The van der Waals surface area contributed by atoms with Crippen LogP contribution in [0.25, 0.3) is 20.5 Å². The third kappa shape index (κ3) is 3.62. The van der Waals surface area contributed by atoms with Gasteiger partial charge < -0.3 is 16.4 Å². The number of nitrogens with zero attached hydrogens (tertiary/aromatic N) is 3. The van der Waals surface area contributed by atoms with Crippen molar-refractivity contribution in [3.63, 3.8) is 0 Å². The van der Waals surface area contributed by atoms with Gasteiger partial charge in [0, 0.05) is 40.0 Å². The fraction of sp³-hybridized carbons (Fsp3) is 0.143. The molecule has 30 heavy (non-hydrogen) atoms. The van der Waals surface area contributed by atoms with Crippen molar-refractivity contribution in [1.29, 1.82) is 0 Å². The molecule has 0 fully saturated rings. The molecule has 0 bridgehead atoms. The number of hydrogen-bond acceptors (Lipinski definition) is 6. The quantitative estimate of drug-likeness (QED) is 0.397. The topological polar surface area (TPSA) is 121 Å². The van der Waals surface area contributed by atoms with Gasteiger partial charge in [-0.05, 0) is 40.8 Å². The number of aliphatic imine (C=N–C) groups is 1. The Balaban J connectivity index is 1.34. The number of carbonyl (C=O) groups excluding carboxylic acids is 1. The van der Waals surface area contributed by atoms with Crippen LogP contribution in [0.15, 0.2) is 47.5 Å². The molecule has 0 saturated carbocycles. The summed E-state index contributed by atoms with van der Waals surface area (Å²) >= 11 is 1.75. The normalized spacial score (nSPS) is 12.3. The van der Waals surface area contributed by atoms with E-state index in [4.69, 9.17) is 5.73 Å². The van der Waals surface area contributed by atoms with E-state index in [0.29, 0.717) is 25.3 Å². The van der Waals surface area contributed by atoms with Gasteiger partial charge in [-0.15, -0.1) is 16.4 Å². The molecule has 5 rings (SSSR count). The zero-order valence-corrected chi connectivity index (χ0v) is 16.8. The molecule has 2 aromatic heterocycles. The van der Waals surface area contributed by atoms with E-state index in [9.17, 15) is 4.79 Å². The number of nitrogen functional groups attached to an aromatic ring is 1. The smallest absolute Gasteiger partial charge is 0.319 e. The lowest BCUT2D eigenvalue weighted by Crippen LogP contribution is -2.30. The van der Waals surface area contributed by atoms with E-state index in [1.54, 1.807) is 11.3 Å². The van der Waals surface area contributed by atoms with Crippen LogP contribution in [0.2, 0.25) is 0 Å². The van der Waals surface area contributed by atoms with Gasteiger partial charge >= 0.3 is 6.03 Å². The van der Waals surface area contributed by atoms with Crippen molar-refractivity contribution in [3.05, 3.63) is 59.4 Å². The maximum Gasteiger partial charge on any atom is 0.319 e. The number of hydrogen-bond donors (Lipinski definition) is 4. The number of aromatic nitrogens is 3. The van der Waals surface area contributed by atoms with Gasteiger partial charge in [0.1, 0.15) is 5.82 Å². The highest BCUT2D eigenvalue weighted by Gasteiger charge is 2.17. The van der Waals surface area contributed by atoms with Crippen molar-refractivity contribution in [1.82, 2.24) is 20.5 Å². The molecule has 0 radical (unpaired) electrons. The molecule has 4 aromatic rings. The van der Waals surface area contributed by atoms with Crippen molar-refractivity contribution < 1.29 is 4.79 Å². The molecule has 0 unspecified atom stereocenters. The van der Waals surface area contributed by atoms with Crippen molar-refractivity contribution in [2.45, 2.75) is 13.0 Å². The summed E-state index contributed by atoms with van der Waals surface area (Å²) in [6.45, 7) is 1.07. The molecule has 2 amide bonds. The first-order valence-electron chi connectivity index (χ1n) is 9.53. The number of nitrogens with two attached hydrogens (primary N) is 1. The van der Waals surface area contributed by atoms with Crippen LogP contribution >= 0.6 is 11.3 Å². The molecule has 0 saturated heterocycles. The van der Waals surface area contributed by atoms with Crippen molar-refractivity contribution in [2.75, 3.05) is 17.6 Å². The number of nitrogens with one attached hydrogen (secondary N) is 3. The molecule has 8 nitrogen and oxygen atoms in total. The van der Waals surface area contributed by atoms with Crippen molar-refractivity contribution >= 4 is 45.3 Å². The Bertz CT molecular complexity index is 1240. The van der Waals surface area contributed by atoms with Gasteiger partial charge in [0.25, 0.3) is 0 Å². The van der Waals surface area contributed by atoms with Gasteiger partial charge in [0.15, 0.2) is 0 Å². The summed E-state index contributed by atoms with van der Waals surface area (Å²) in [5.74, 6) is 0.830. The number of thiophene rings is 1. The zero-order valence-electron chi connectivity index (χ0n) is 16.0. The Hall–Kier alpha value is -3.72. The molecule has 5 N–H and O–H groups in total. The maximum atomic E-state index is 12.4. The van der Waals surface area contributed by atoms with Gasteiger partial charge in [-0.1, -0.05) is 18.2 Å². The maximum absolute atomic E-state index is 12.4. The summed E-state index contributed by atoms with van der Waals surface area (Å²) in [5.41, 5.74) is 9.55. The van der Waals surface area contributed by atoms with Gasteiger partial charge in [-0.25, -0.2) is 4.79 Å². The fourth-order valence-electron chi connectivity index (χ4n) is 3.52. The standard InChI is InChI=1S/C21H19N7OS/c22-20-26-19(27-28-20)5-6-24-21(29)25-14-7-13-10-23-11-16(13)15(9-14)18-8-12-3-1-2-4-17(12)30-18/h1-4,7-10H,5-6,11H2,(H2,24,25,29)(H3,22,26,27,28). The molecule has 0 aliphatic carbocycles. The third-order valence-electron chi connectivity index (χ3n) is 4.91. The van der Waals surface area contributed by atoms with Gasteiger partial charge in [0.2, 0.25) is 5.95 Å². The van der Waals surface area contributed by atoms with E-state index in [-0.39, 0.29) is 12.0 Å². The lowest BCUT2D eigenvalue weighted by molar-refractivity contribution is 0.252. The number of benzene rings is 2. The van der Waals surface area contributed by atoms with E-state index in [1.807, 2.05) is 30.5 Å². The molecule has 150 valence electrons. The molecule has 3 heterocycles. The summed E-state index contributed by atoms with van der Waals surface area (Å²) in [4.78, 5) is 22.0. The summed E-state index contributed by atoms with van der Waals surface area (Å²) < 4.78 is 1.24. The van der Waals surface area contributed by atoms with Crippen molar-refractivity contribution in [2.24, 2.45) is 4.99 Å². The van der Waals surface area contributed by atoms with Crippen molar-refractivity contribution in [3.8, 4) is 10.4 Å². The lowest BCUT2D eigenvalue weighted by atomic mass is 10.0. The second-order valence-corrected chi connectivity index (χ2v) is 8.06. The highest BCUT2D eigenvalue weighted by molar-refractivity contribution is 7.22. The first-order valence-corrected chi connectivity index (χ1v) is 10.3. The van der Waals surface area contributed by atoms with Crippen LogP contribution in [0.5, 0.6) is 0 Å². The van der Waals surface area contributed by atoms with Gasteiger partial charge in [-0.2, -0.15) is 4.98 Å². The number of amides is 2. The summed E-state index contributed by atoms with van der Waals surface area (Å²) in [6.07, 6.45) is 2.38. The second kappa shape index (κ2) is 7.60. The third-order valence-corrected chi connectivity index (χ3v) is 6.06. The van der Waals surface area contributed by atoms with E-state index in [2.05, 4.69) is 49.0 Å². The first kappa shape index (κ1) is 18.3. The van der Waals surface area contributed by atoms with Gasteiger partial charge in [-0.3, -0.25) is 10.1 Å². The average Bonchev–Trinajstić information content (AvgIpc) is 3.46. The molecule has 9 heteroatoms. The van der Waals surface area contributed by atoms with Crippen LogP contribution in [0, 0.1) is 0 Å². The molecular weight excluding hydrogens is 398 g/mol. The minimum Gasteiger partial charge on any atom is -0.367 e. The minimum absolute atomic E-state index is 0.197. The predicted molar refractivity (Wildman–Crippen MR) is 120 cm³/mol. The Morgan fingerprint density at radius 1 is 1.23 bits per heavy atom. The molecular formula is C21H19N7OS. The number of H-pyrrole nitrogens is 1. The average molecular weight is 417 g/mol. The Morgan fingerprint density at radius 2 is 2.13 bits per heavy atom. The second-order valence-electron chi connectivity index (χ2n) is 6.98. The lowest BCUT2D eigenvalue weighted by Gasteiger charge is -2.12. The summed E-state index contributed by atoms with van der Waals surface area (Å²) in [5, 5.41) is 13.5. The van der Waals surface area contributed by atoms with E-state index < -0.39 is 0 Å². The Kier molecular flexibility index (Phi) is 4.64.